The molecule has 1 aromatic carbocycles. The van der Waals surface area contributed by atoms with Crippen molar-refractivity contribution in [2.24, 2.45) is 0 Å². The highest BCUT2D eigenvalue weighted by atomic mass is 16.3. The smallest absolute Gasteiger partial charge is 0.181 e. The molecule has 0 saturated heterocycles. The minimum absolute atomic E-state index is 0.254. The Balaban J connectivity index is 2.14. The molecule has 0 fully saturated rings. The van der Waals surface area contributed by atoms with Crippen LogP contribution in [0.25, 0.3) is 11.1 Å². The lowest BCUT2D eigenvalue weighted by Crippen LogP contribution is -2.09. The first kappa shape index (κ1) is 10.2. The van der Waals surface area contributed by atoms with Crippen LogP contribution in [0.15, 0.2) is 29.0 Å². The Bertz CT molecular complexity index is 436. The minimum atomic E-state index is -0.254. The summed E-state index contributed by atoms with van der Waals surface area (Å²) in [4.78, 5) is 4.05. The molecule has 0 spiro atoms. The van der Waals surface area contributed by atoms with E-state index in [0.717, 1.165) is 29.5 Å². The molecule has 3 nitrogen and oxygen atoms in total. The molecule has 1 N–H and O–H groups in total. The third kappa shape index (κ3) is 2.36. The molecule has 0 bridgehead atoms. The van der Waals surface area contributed by atoms with Crippen LogP contribution in [-0.4, -0.2) is 16.2 Å². The first-order valence-corrected chi connectivity index (χ1v) is 5.30. The zero-order valence-corrected chi connectivity index (χ0v) is 8.81. The van der Waals surface area contributed by atoms with Gasteiger partial charge in [-0.3, -0.25) is 0 Å². The van der Waals surface area contributed by atoms with Gasteiger partial charge in [0.2, 0.25) is 0 Å². The molecule has 1 unspecified atom stereocenters. The lowest BCUT2D eigenvalue weighted by molar-refractivity contribution is 0.164. The third-order valence-corrected chi connectivity index (χ3v) is 2.49. The Morgan fingerprint density at radius 1 is 1.47 bits per heavy atom. The fourth-order valence-corrected chi connectivity index (χ4v) is 1.73. The second-order valence-electron chi connectivity index (χ2n) is 3.80. The Labute approximate surface area is 88.7 Å². The molecule has 15 heavy (non-hydrogen) atoms. The van der Waals surface area contributed by atoms with Crippen molar-refractivity contribution in [3.63, 3.8) is 0 Å². The van der Waals surface area contributed by atoms with E-state index >= 15 is 0 Å². The molecule has 2 rings (SSSR count). The predicted molar refractivity (Wildman–Crippen MR) is 58.6 cm³/mol. The van der Waals surface area contributed by atoms with Crippen molar-refractivity contribution in [3.05, 3.63) is 30.2 Å². The van der Waals surface area contributed by atoms with Crippen LogP contribution in [0.5, 0.6) is 0 Å². The Morgan fingerprint density at radius 3 is 3.13 bits per heavy atom. The average Bonchev–Trinajstić information content (AvgIpc) is 2.65. The number of fused-ring (bicyclic) bond motifs is 1. The third-order valence-electron chi connectivity index (χ3n) is 2.49. The molecule has 0 aliphatic rings. The number of aliphatic hydroxyl groups is 1. The van der Waals surface area contributed by atoms with Crippen molar-refractivity contribution in [1.29, 1.82) is 0 Å². The molecular weight excluding hydrogens is 190 g/mol. The van der Waals surface area contributed by atoms with Gasteiger partial charge >= 0.3 is 0 Å². The number of aromatic nitrogens is 1. The van der Waals surface area contributed by atoms with Gasteiger partial charge in [-0.2, -0.15) is 0 Å². The number of rotatable bonds is 4. The second kappa shape index (κ2) is 4.45. The SMILES string of the molecule is CCCC(O)Cc1ccc2ncoc2c1. The predicted octanol–water partition coefficient (Wildman–Crippen LogP) is 2.53. The number of benzene rings is 1. The Hall–Kier alpha value is -1.35. The van der Waals surface area contributed by atoms with Crippen LogP contribution in [0.4, 0.5) is 0 Å². The summed E-state index contributed by atoms with van der Waals surface area (Å²) in [6.07, 6.45) is 3.72. The normalized spacial score (nSPS) is 13.2. The van der Waals surface area contributed by atoms with Crippen molar-refractivity contribution < 1.29 is 9.52 Å². The fraction of sp³-hybridized carbons (Fsp3) is 0.417. The van der Waals surface area contributed by atoms with E-state index < -0.39 is 0 Å². The van der Waals surface area contributed by atoms with Gasteiger partial charge in [0.25, 0.3) is 0 Å². The Kier molecular flexibility index (Phi) is 3.02. The maximum atomic E-state index is 9.68. The van der Waals surface area contributed by atoms with Gasteiger partial charge in [-0.15, -0.1) is 0 Å². The zero-order valence-electron chi connectivity index (χ0n) is 8.81. The first-order valence-electron chi connectivity index (χ1n) is 5.30. The van der Waals surface area contributed by atoms with E-state index in [2.05, 4.69) is 11.9 Å². The van der Waals surface area contributed by atoms with Crippen LogP contribution < -0.4 is 0 Å². The molecule has 0 saturated carbocycles. The quantitative estimate of drug-likeness (QED) is 0.834. The summed E-state index contributed by atoms with van der Waals surface area (Å²) < 4.78 is 5.21. The van der Waals surface area contributed by atoms with Gasteiger partial charge in [0.15, 0.2) is 12.0 Å². The van der Waals surface area contributed by atoms with Crippen molar-refractivity contribution in [3.8, 4) is 0 Å². The van der Waals surface area contributed by atoms with E-state index in [-0.39, 0.29) is 6.10 Å². The fourth-order valence-electron chi connectivity index (χ4n) is 1.73. The van der Waals surface area contributed by atoms with Crippen LogP contribution in [0, 0.1) is 0 Å². The summed E-state index contributed by atoms with van der Waals surface area (Å²) in [5, 5.41) is 9.68. The largest absolute Gasteiger partial charge is 0.443 e. The van der Waals surface area contributed by atoms with E-state index in [1.807, 2.05) is 18.2 Å². The molecule has 0 amide bonds. The first-order chi connectivity index (χ1) is 7.29. The van der Waals surface area contributed by atoms with Gasteiger partial charge in [-0.25, -0.2) is 4.98 Å². The van der Waals surface area contributed by atoms with Gasteiger partial charge in [0, 0.05) is 0 Å². The van der Waals surface area contributed by atoms with E-state index in [0.29, 0.717) is 6.42 Å². The van der Waals surface area contributed by atoms with Crippen molar-refractivity contribution >= 4 is 11.1 Å². The standard InChI is InChI=1S/C12H15NO2/c1-2-3-10(14)6-9-4-5-11-12(7-9)15-8-13-11/h4-5,7-8,10,14H,2-3,6H2,1H3. The van der Waals surface area contributed by atoms with Gasteiger partial charge < -0.3 is 9.52 Å². The van der Waals surface area contributed by atoms with Crippen LogP contribution in [0.3, 0.4) is 0 Å². The van der Waals surface area contributed by atoms with E-state index in [9.17, 15) is 5.11 Å². The highest BCUT2D eigenvalue weighted by molar-refractivity contribution is 5.72. The Morgan fingerprint density at radius 2 is 2.33 bits per heavy atom. The van der Waals surface area contributed by atoms with Crippen LogP contribution in [0.2, 0.25) is 0 Å². The zero-order chi connectivity index (χ0) is 10.7. The van der Waals surface area contributed by atoms with E-state index in [1.165, 1.54) is 6.39 Å². The molecular formula is C12H15NO2. The number of oxazole rings is 1. The van der Waals surface area contributed by atoms with Crippen LogP contribution in [-0.2, 0) is 6.42 Å². The van der Waals surface area contributed by atoms with Gasteiger partial charge in [-0.1, -0.05) is 19.4 Å². The molecule has 1 heterocycles. The molecule has 2 aromatic rings. The summed E-state index contributed by atoms with van der Waals surface area (Å²) in [6.45, 7) is 2.07. The summed E-state index contributed by atoms with van der Waals surface area (Å²) in [5.74, 6) is 0. The van der Waals surface area contributed by atoms with Gasteiger partial charge in [-0.05, 0) is 30.5 Å². The van der Waals surface area contributed by atoms with Crippen molar-refractivity contribution in [2.75, 3.05) is 0 Å². The highest BCUT2D eigenvalue weighted by Crippen LogP contribution is 2.16. The second-order valence-corrected chi connectivity index (χ2v) is 3.80. The molecule has 1 aromatic heterocycles. The molecule has 1 atom stereocenters. The topological polar surface area (TPSA) is 46.3 Å². The average molecular weight is 205 g/mol. The molecule has 0 aliphatic carbocycles. The summed E-state index contributed by atoms with van der Waals surface area (Å²) in [6, 6.07) is 5.86. The molecule has 3 heteroatoms. The monoisotopic (exact) mass is 205 g/mol. The summed E-state index contributed by atoms with van der Waals surface area (Å²) >= 11 is 0. The lowest BCUT2D eigenvalue weighted by atomic mass is 10.0. The molecule has 0 aliphatic heterocycles. The summed E-state index contributed by atoms with van der Waals surface area (Å²) in [5.41, 5.74) is 2.75. The van der Waals surface area contributed by atoms with Gasteiger partial charge in [0.1, 0.15) is 5.52 Å². The summed E-state index contributed by atoms with van der Waals surface area (Å²) in [7, 11) is 0. The molecule has 80 valence electrons. The lowest BCUT2D eigenvalue weighted by Gasteiger charge is -2.08. The molecule has 0 radical (unpaired) electrons. The highest BCUT2D eigenvalue weighted by Gasteiger charge is 2.06. The minimum Gasteiger partial charge on any atom is -0.443 e. The van der Waals surface area contributed by atoms with Crippen molar-refractivity contribution in [1.82, 2.24) is 4.98 Å². The number of nitrogens with zero attached hydrogens (tertiary/aromatic N) is 1. The number of aliphatic hydroxyl groups excluding tert-OH is 1. The van der Waals surface area contributed by atoms with Crippen LogP contribution >= 0.6 is 0 Å². The van der Waals surface area contributed by atoms with E-state index in [4.69, 9.17) is 4.42 Å². The number of hydrogen-bond acceptors (Lipinski definition) is 3. The van der Waals surface area contributed by atoms with Crippen molar-refractivity contribution in [2.45, 2.75) is 32.3 Å². The van der Waals surface area contributed by atoms with E-state index in [1.54, 1.807) is 0 Å². The van der Waals surface area contributed by atoms with Gasteiger partial charge in [0.05, 0.1) is 6.10 Å². The maximum absolute atomic E-state index is 9.68. The maximum Gasteiger partial charge on any atom is 0.181 e. The van der Waals surface area contributed by atoms with Crippen LogP contribution in [0.1, 0.15) is 25.3 Å². The number of hydrogen-bond donors (Lipinski definition) is 1.